The van der Waals surface area contributed by atoms with Gasteiger partial charge < -0.3 is 14.9 Å². The molecule has 0 radical (unpaired) electrons. The zero-order chi connectivity index (χ0) is 14.7. The Hall–Kier alpha value is -0.580. The van der Waals surface area contributed by atoms with Gasteiger partial charge >= 0.3 is 0 Å². The zero-order valence-electron chi connectivity index (χ0n) is 12.6. The minimum absolute atomic E-state index is 0.434. The molecule has 1 aliphatic heterocycles. The van der Waals surface area contributed by atoms with Crippen molar-refractivity contribution in [1.82, 2.24) is 4.90 Å². The molecule has 20 heavy (non-hydrogen) atoms. The first-order valence-electron chi connectivity index (χ1n) is 7.45. The number of hydrogen-bond donors (Lipinski definition) is 1. The molecular formula is C16H25BrN2O. The van der Waals surface area contributed by atoms with E-state index in [9.17, 15) is 5.11 Å². The predicted molar refractivity (Wildman–Crippen MR) is 88.3 cm³/mol. The number of aliphatic hydroxyl groups excluding tert-OH is 1. The fraction of sp³-hybridized carbons (Fsp3) is 0.625. The lowest BCUT2D eigenvalue weighted by Crippen LogP contribution is -2.40. The van der Waals surface area contributed by atoms with Gasteiger partial charge in [-0.15, -0.1) is 0 Å². The Balaban J connectivity index is 2.39. The average Bonchev–Trinajstić information content (AvgIpc) is 2.59. The summed E-state index contributed by atoms with van der Waals surface area (Å²) in [4.78, 5) is 4.89. The summed E-state index contributed by atoms with van der Waals surface area (Å²) < 4.78 is 1.07. The predicted octanol–water partition coefficient (Wildman–Crippen LogP) is 3.42. The van der Waals surface area contributed by atoms with Crippen molar-refractivity contribution in [1.29, 1.82) is 0 Å². The van der Waals surface area contributed by atoms with Gasteiger partial charge in [0.2, 0.25) is 0 Å². The van der Waals surface area contributed by atoms with Crippen LogP contribution in [-0.4, -0.2) is 42.7 Å². The largest absolute Gasteiger partial charge is 0.389 e. The molecule has 1 fully saturated rings. The fourth-order valence-corrected chi connectivity index (χ4v) is 3.38. The van der Waals surface area contributed by atoms with Crippen LogP contribution >= 0.6 is 15.9 Å². The molecule has 1 N–H and O–H groups in total. The van der Waals surface area contributed by atoms with Crippen molar-refractivity contribution < 1.29 is 5.11 Å². The Bertz CT molecular complexity index is 450. The second kappa shape index (κ2) is 6.92. The summed E-state index contributed by atoms with van der Waals surface area (Å²) in [5.41, 5.74) is 2.20. The molecular weight excluding hydrogens is 316 g/mol. The molecule has 1 aromatic carbocycles. The summed E-state index contributed by atoms with van der Waals surface area (Å²) in [6, 6.07) is 6.70. The van der Waals surface area contributed by atoms with Crippen LogP contribution in [0.2, 0.25) is 0 Å². The lowest BCUT2D eigenvalue weighted by molar-refractivity contribution is 0.199. The molecule has 1 saturated heterocycles. The third kappa shape index (κ3) is 3.54. The van der Waals surface area contributed by atoms with Crippen LogP contribution in [-0.2, 0) is 0 Å². The van der Waals surface area contributed by atoms with Gasteiger partial charge in [-0.1, -0.05) is 28.9 Å². The van der Waals surface area contributed by atoms with Crippen molar-refractivity contribution in [2.45, 2.75) is 38.8 Å². The number of halogens is 1. The van der Waals surface area contributed by atoms with E-state index in [1.165, 1.54) is 12.1 Å². The first-order valence-corrected chi connectivity index (χ1v) is 8.25. The molecule has 2 unspecified atom stereocenters. The quantitative estimate of drug-likeness (QED) is 0.913. The van der Waals surface area contributed by atoms with Crippen molar-refractivity contribution in [2.24, 2.45) is 0 Å². The summed E-state index contributed by atoms with van der Waals surface area (Å²) >= 11 is 3.57. The van der Waals surface area contributed by atoms with Gasteiger partial charge in [0.25, 0.3) is 0 Å². The molecule has 0 aromatic heterocycles. The molecule has 0 aliphatic carbocycles. The van der Waals surface area contributed by atoms with Gasteiger partial charge in [-0.25, -0.2) is 0 Å². The summed E-state index contributed by atoms with van der Waals surface area (Å²) in [7, 11) is 2.20. The number of benzene rings is 1. The number of likely N-dealkylation sites (N-methyl/N-ethyl adjacent to an activating group) is 1. The van der Waals surface area contributed by atoms with E-state index >= 15 is 0 Å². The Morgan fingerprint density at radius 1 is 1.40 bits per heavy atom. The highest BCUT2D eigenvalue weighted by Crippen LogP contribution is 2.32. The van der Waals surface area contributed by atoms with Crippen LogP contribution < -0.4 is 4.90 Å². The van der Waals surface area contributed by atoms with Gasteiger partial charge in [-0.2, -0.15) is 0 Å². The molecule has 2 atom stereocenters. The molecule has 1 aromatic rings. The summed E-state index contributed by atoms with van der Waals surface area (Å²) in [5, 5.41) is 10.1. The van der Waals surface area contributed by atoms with Crippen molar-refractivity contribution in [3.8, 4) is 0 Å². The van der Waals surface area contributed by atoms with Crippen LogP contribution in [0.15, 0.2) is 22.7 Å². The smallest absolute Gasteiger partial charge is 0.0782 e. The van der Waals surface area contributed by atoms with Crippen LogP contribution in [0.4, 0.5) is 5.69 Å². The summed E-state index contributed by atoms with van der Waals surface area (Å²) in [6.07, 6.45) is 1.85. The van der Waals surface area contributed by atoms with Crippen LogP contribution in [0, 0.1) is 0 Å². The second-order valence-electron chi connectivity index (χ2n) is 5.75. The fourth-order valence-electron chi connectivity index (χ4n) is 3.03. The highest BCUT2D eigenvalue weighted by molar-refractivity contribution is 9.10. The van der Waals surface area contributed by atoms with E-state index in [4.69, 9.17) is 0 Å². The number of aliphatic hydroxyl groups is 1. The average molecular weight is 341 g/mol. The van der Waals surface area contributed by atoms with Gasteiger partial charge in [0.15, 0.2) is 0 Å². The third-order valence-electron chi connectivity index (χ3n) is 4.13. The molecule has 2 rings (SSSR count). The van der Waals surface area contributed by atoms with E-state index in [0.717, 1.165) is 36.1 Å². The zero-order valence-corrected chi connectivity index (χ0v) is 14.2. The van der Waals surface area contributed by atoms with Gasteiger partial charge in [0.05, 0.1) is 6.10 Å². The van der Waals surface area contributed by atoms with Crippen LogP contribution in [0.5, 0.6) is 0 Å². The molecule has 3 nitrogen and oxygen atoms in total. The molecule has 0 spiro atoms. The maximum Gasteiger partial charge on any atom is 0.0782 e. The molecule has 1 aliphatic rings. The number of nitrogens with zero attached hydrogens (tertiary/aromatic N) is 2. The minimum Gasteiger partial charge on any atom is -0.389 e. The lowest BCUT2D eigenvalue weighted by atomic mass is 10.0. The number of rotatable bonds is 3. The van der Waals surface area contributed by atoms with Crippen molar-refractivity contribution in [3.05, 3.63) is 28.2 Å². The van der Waals surface area contributed by atoms with Gasteiger partial charge in [0.1, 0.15) is 0 Å². The standard InChI is InChI=1S/C16H25BrN2O/c1-4-14-11-18(3)8-5-9-19(14)16-10-13(17)6-7-15(16)12(2)20/h6-7,10,12,14,20H,4-5,8-9,11H2,1-3H3. The monoisotopic (exact) mass is 340 g/mol. The Morgan fingerprint density at radius 3 is 2.80 bits per heavy atom. The summed E-state index contributed by atoms with van der Waals surface area (Å²) in [6.45, 7) is 7.38. The maximum absolute atomic E-state index is 10.1. The highest BCUT2D eigenvalue weighted by Gasteiger charge is 2.25. The van der Waals surface area contributed by atoms with E-state index in [1.54, 1.807) is 0 Å². The first kappa shape index (κ1) is 15.8. The second-order valence-corrected chi connectivity index (χ2v) is 6.67. The third-order valence-corrected chi connectivity index (χ3v) is 4.62. The van der Waals surface area contributed by atoms with E-state index in [0.29, 0.717) is 6.04 Å². The van der Waals surface area contributed by atoms with Crippen molar-refractivity contribution in [3.63, 3.8) is 0 Å². The Kier molecular flexibility index (Phi) is 5.47. The summed E-state index contributed by atoms with van der Waals surface area (Å²) in [5.74, 6) is 0. The maximum atomic E-state index is 10.1. The molecule has 0 amide bonds. The lowest BCUT2D eigenvalue weighted by Gasteiger charge is -2.34. The van der Waals surface area contributed by atoms with Crippen LogP contribution in [0.25, 0.3) is 0 Å². The van der Waals surface area contributed by atoms with E-state index in [1.807, 2.05) is 19.1 Å². The van der Waals surface area contributed by atoms with Crippen molar-refractivity contribution >= 4 is 21.6 Å². The van der Waals surface area contributed by atoms with Gasteiger partial charge in [0, 0.05) is 34.9 Å². The highest BCUT2D eigenvalue weighted by atomic mass is 79.9. The van der Waals surface area contributed by atoms with Crippen LogP contribution in [0.3, 0.4) is 0 Å². The van der Waals surface area contributed by atoms with E-state index in [2.05, 4.69) is 45.8 Å². The first-order chi connectivity index (χ1) is 9.52. The number of anilines is 1. The SMILES string of the molecule is CCC1CN(C)CCCN1c1cc(Br)ccc1C(C)O. The van der Waals surface area contributed by atoms with E-state index in [-0.39, 0.29) is 0 Å². The van der Waals surface area contributed by atoms with E-state index < -0.39 is 6.10 Å². The Labute approximate surface area is 130 Å². The van der Waals surface area contributed by atoms with Gasteiger partial charge in [-0.05, 0) is 45.5 Å². The topological polar surface area (TPSA) is 26.7 Å². The molecule has 4 heteroatoms. The van der Waals surface area contributed by atoms with Crippen molar-refractivity contribution in [2.75, 3.05) is 31.6 Å². The number of hydrogen-bond acceptors (Lipinski definition) is 3. The minimum atomic E-state index is -0.434. The molecule has 0 saturated carbocycles. The Morgan fingerprint density at radius 2 is 2.15 bits per heavy atom. The van der Waals surface area contributed by atoms with Crippen LogP contribution in [0.1, 0.15) is 38.4 Å². The normalized spacial score (nSPS) is 22.6. The molecule has 1 heterocycles. The van der Waals surface area contributed by atoms with Gasteiger partial charge in [-0.3, -0.25) is 0 Å². The molecule has 112 valence electrons. The molecule has 0 bridgehead atoms.